The van der Waals surface area contributed by atoms with Gasteiger partial charge < -0.3 is 20.7 Å². The standard InChI is InChI=1S/C14H22F3N5O.HI/c1-10(9-23-3)22-13(18-2)21-8-7-20-12-11(14(15,16)17)5-4-6-19-12;/h4-6,10H,7-9H2,1-3H3,(H,19,20)(H2,18,21,22);1H. The number of aromatic nitrogens is 1. The maximum absolute atomic E-state index is 12.8. The molecular weight excluding hydrogens is 438 g/mol. The number of nitrogens with one attached hydrogen (secondary N) is 3. The van der Waals surface area contributed by atoms with Gasteiger partial charge in [0.2, 0.25) is 0 Å². The van der Waals surface area contributed by atoms with Crippen LogP contribution in [0.2, 0.25) is 0 Å². The Hall–Kier alpha value is -1.30. The van der Waals surface area contributed by atoms with Gasteiger partial charge in [-0.15, -0.1) is 24.0 Å². The smallest absolute Gasteiger partial charge is 0.383 e. The number of pyridine rings is 1. The van der Waals surface area contributed by atoms with E-state index >= 15 is 0 Å². The summed E-state index contributed by atoms with van der Waals surface area (Å²) in [6.45, 7) is 3.09. The van der Waals surface area contributed by atoms with Gasteiger partial charge in [-0.25, -0.2) is 4.98 Å². The molecule has 0 amide bonds. The molecule has 1 unspecified atom stereocenters. The van der Waals surface area contributed by atoms with E-state index in [1.807, 2.05) is 6.92 Å². The molecule has 0 aromatic carbocycles. The van der Waals surface area contributed by atoms with Crippen molar-refractivity contribution in [2.24, 2.45) is 4.99 Å². The van der Waals surface area contributed by atoms with Crippen molar-refractivity contribution in [2.45, 2.75) is 19.1 Å². The minimum atomic E-state index is -4.43. The zero-order valence-corrected chi connectivity index (χ0v) is 16.1. The van der Waals surface area contributed by atoms with E-state index < -0.39 is 11.7 Å². The number of hydrogen-bond donors (Lipinski definition) is 3. The molecule has 3 N–H and O–H groups in total. The second-order valence-corrected chi connectivity index (χ2v) is 4.82. The molecule has 1 heterocycles. The Morgan fingerprint density at radius 2 is 2.08 bits per heavy atom. The Balaban J connectivity index is 0.00000529. The molecule has 24 heavy (non-hydrogen) atoms. The molecule has 0 saturated carbocycles. The predicted octanol–water partition coefficient (Wildman–Crippen LogP) is 2.33. The van der Waals surface area contributed by atoms with Crippen LogP contribution in [0.1, 0.15) is 12.5 Å². The summed E-state index contributed by atoms with van der Waals surface area (Å²) in [4.78, 5) is 7.76. The number of halogens is 4. The number of anilines is 1. The molecule has 1 aromatic rings. The van der Waals surface area contributed by atoms with Crippen LogP contribution in [-0.2, 0) is 10.9 Å². The third-order valence-corrected chi connectivity index (χ3v) is 2.85. The molecule has 0 aliphatic carbocycles. The monoisotopic (exact) mass is 461 g/mol. The first-order valence-corrected chi connectivity index (χ1v) is 7.10. The highest BCUT2D eigenvalue weighted by atomic mass is 127. The lowest BCUT2D eigenvalue weighted by molar-refractivity contribution is -0.137. The van der Waals surface area contributed by atoms with Gasteiger partial charge in [0.15, 0.2) is 5.96 Å². The quantitative estimate of drug-likeness (QED) is 0.252. The van der Waals surface area contributed by atoms with Crippen LogP contribution in [0.25, 0.3) is 0 Å². The highest BCUT2D eigenvalue weighted by Gasteiger charge is 2.33. The van der Waals surface area contributed by atoms with Gasteiger partial charge in [-0.3, -0.25) is 4.99 Å². The lowest BCUT2D eigenvalue weighted by atomic mass is 10.2. The van der Waals surface area contributed by atoms with Crippen molar-refractivity contribution in [2.75, 3.05) is 39.2 Å². The zero-order valence-electron chi connectivity index (χ0n) is 13.8. The van der Waals surface area contributed by atoms with Crippen LogP contribution in [0.3, 0.4) is 0 Å². The average molecular weight is 461 g/mol. The van der Waals surface area contributed by atoms with Crippen LogP contribution < -0.4 is 16.0 Å². The van der Waals surface area contributed by atoms with Gasteiger partial charge in [0, 0.05) is 39.5 Å². The maximum Gasteiger partial charge on any atom is 0.419 e. The van der Waals surface area contributed by atoms with Crippen LogP contribution in [0.15, 0.2) is 23.3 Å². The first-order chi connectivity index (χ1) is 10.9. The summed E-state index contributed by atoms with van der Waals surface area (Å²) in [6.07, 6.45) is -3.12. The maximum atomic E-state index is 12.8. The van der Waals surface area contributed by atoms with Gasteiger partial charge >= 0.3 is 6.18 Å². The van der Waals surface area contributed by atoms with E-state index in [0.29, 0.717) is 19.1 Å². The number of aliphatic imine (C=N–C) groups is 1. The van der Waals surface area contributed by atoms with Gasteiger partial charge in [0.1, 0.15) is 5.82 Å². The van der Waals surface area contributed by atoms with Gasteiger partial charge in [-0.05, 0) is 19.1 Å². The number of guanidine groups is 1. The molecule has 0 aliphatic rings. The lowest BCUT2D eigenvalue weighted by Gasteiger charge is -2.18. The van der Waals surface area contributed by atoms with E-state index in [4.69, 9.17) is 4.74 Å². The molecule has 0 spiro atoms. The first kappa shape index (κ1) is 22.7. The van der Waals surface area contributed by atoms with Crippen LogP contribution >= 0.6 is 24.0 Å². The Kier molecular flexibility index (Phi) is 10.7. The fourth-order valence-electron chi connectivity index (χ4n) is 1.86. The normalized spacial score (nSPS) is 13.0. The third-order valence-electron chi connectivity index (χ3n) is 2.85. The van der Waals surface area contributed by atoms with Crippen molar-refractivity contribution in [3.63, 3.8) is 0 Å². The first-order valence-electron chi connectivity index (χ1n) is 7.10. The number of rotatable bonds is 7. The molecule has 0 saturated heterocycles. The number of ether oxygens (including phenoxy) is 1. The van der Waals surface area contributed by atoms with Crippen molar-refractivity contribution in [1.29, 1.82) is 0 Å². The second kappa shape index (κ2) is 11.3. The van der Waals surface area contributed by atoms with Crippen LogP contribution in [0, 0.1) is 0 Å². The molecule has 6 nitrogen and oxygen atoms in total. The molecule has 1 atom stereocenters. The summed E-state index contributed by atoms with van der Waals surface area (Å²) in [5, 5.41) is 8.77. The molecule has 1 aromatic heterocycles. The van der Waals surface area contributed by atoms with Crippen molar-refractivity contribution < 1.29 is 17.9 Å². The Bertz CT molecular complexity index is 513. The van der Waals surface area contributed by atoms with Gasteiger partial charge in [-0.1, -0.05) is 0 Å². The van der Waals surface area contributed by atoms with Gasteiger partial charge in [0.05, 0.1) is 12.2 Å². The van der Waals surface area contributed by atoms with Crippen molar-refractivity contribution in [1.82, 2.24) is 15.6 Å². The number of nitrogens with zero attached hydrogens (tertiary/aromatic N) is 2. The molecule has 0 aliphatic heterocycles. The zero-order chi connectivity index (χ0) is 17.3. The molecule has 10 heteroatoms. The number of methoxy groups -OCH3 is 1. The lowest BCUT2D eigenvalue weighted by Crippen LogP contribution is -2.45. The van der Waals surface area contributed by atoms with Crippen molar-refractivity contribution in [3.8, 4) is 0 Å². The fourth-order valence-corrected chi connectivity index (χ4v) is 1.86. The van der Waals surface area contributed by atoms with Crippen LogP contribution in [0.5, 0.6) is 0 Å². The van der Waals surface area contributed by atoms with E-state index in [9.17, 15) is 13.2 Å². The van der Waals surface area contributed by atoms with E-state index in [1.54, 1.807) is 14.2 Å². The second-order valence-electron chi connectivity index (χ2n) is 4.82. The van der Waals surface area contributed by atoms with E-state index in [0.717, 1.165) is 6.07 Å². The SMILES string of the molecule is CN=C(NCCNc1ncccc1C(F)(F)F)NC(C)COC.I. The number of hydrogen-bond acceptors (Lipinski definition) is 4. The summed E-state index contributed by atoms with van der Waals surface area (Å²) in [7, 11) is 3.21. The largest absolute Gasteiger partial charge is 0.419 e. The minimum absolute atomic E-state index is 0. The molecule has 0 fully saturated rings. The Morgan fingerprint density at radius 3 is 2.67 bits per heavy atom. The average Bonchev–Trinajstić information content (AvgIpc) is 2.50. The number of alkyl halides is 3. The Morgan fingerprint density at radius 1 is 1.38 bits per heavy atom. The molecule has 0 bridgehead atoms. The highest BCUT2D eigenvalue weighted by molar-refractivity contribution is 14.0. The predicted molar refractivity (Wildman–Crippen MR) is 99.0 cm³/mol. The summed E-state index contributed by atoms with van der Waals surface area (Å²) in [5.41, 5.74) is -0.781. The third kappa shape index (κ3) is 7.99. The van der Waals surface area contributed by atoms with Gasteiger partial charge in [-0.2, -0.15) is 13.2 Å². The van der Waals surface area contributed by atoms with Crippen LogP contribution in [-0.4, -0.2) is 50.8 Å². The summed E-state index contributed by atoms with van der Waals surface area (Å²) < 4.78 is 43.5. The summed E-state index contributed by atoms with van der Waals surface area (Å²) >= 11 is 0. The Labute approximate surface area is 156 Å². The fraction of sp³-hybridized carbons (Fsp3) is 0.571. The topological polar surface area (TPSA) is 70.6 Å². The van der Waals surface area contributed by atoms with E-state index in [2.05, 4.69) is 25.9 Å². The molecular formula is C14H23F3IN5O. The summed E-state index contributed by atoms with van der Waals surface area (Å²) in [5.74, 6) is 0.367. The van der Waals surface area contributed by atoms with Gasteiger partial charge in [0.25, 0.3) is 0 Å². The minimum Gasteiger partial charge on any atom is -0.383 e. The van der Waals surface area contributed by atoms with Crippen LogP contribution in [0.4, 0.5) is 19.0 Å². The highest BCUT2D eigenvalue weighted by Crippen LogP contribution is 2.33. The molecule has 0 radical (unpaired) electrons. The van der Waals surface area contributed by atoms with Crippen molar-refractivity contribution >= 4 is 35.8 Å². The van der Waals surface area contributed by atoms with E-state index in [-0.39, 0.29) is 42.4 Å². The molecule has 138 valence electrons. The molecule has 1 rings (SSSR count). The van der Waals surface area contributed by atoms with Crippen molar-refractivity contribution in [3.05, 3.63) is 23.9 Å². The summed E-state index contributed by atoms with van der Waals surface area (Å²) in [6, 6.07) is 2.32. The van der Waals surface area contributed by atoms with E-state index in [1.165, 1.54) is 12.3 Å².